The van der Waals surface area contributed by atoms with Gasteiger partial charge in [-0.15, -0.1) is 0 Å². The molecule has 1 spiro atoms. The average Bonchev–Trinajstić information content (AvgIpc) is 3.05. The summed E-state index contributed by atoms with van der Waals surface area (Å²) < 4.78 is 15.4. The van der Waals surface area contributed by atoms with Crippen LogP contribution in [0.5, 0.6) is 0 Å². The summed E-state index contributed by atoms with van der Waals surface area (Å²) in [6.07, 6.45) is 4.38. The number of carbonyl (C=O) groups excluding carboxylic acids is 1. The van der Waals surface area contributed by atoms with Crippen molar-refractivity contribution in [2.45, 2.75) is 43.6 Å². The highest BCUT2D eigenvalue weighted by molar-refractivity contribution is 6.34. The van der Waals surface area contributed by atoms with Gasteiger partial charge in [-0.1, -0.05) is 11.6 Å². The zero-order chi connectivity index (χ0) is 21.8. The molecule has 2 aliphatic rings. The van der Waals surface area contributed by atoms with Crippen LogP contribution in [0.3, 0.4) is 0 Å². The molecule has 2 aromatic rings. The van der Waals surface area contributed by atoms with Crippen LogP contribution in [0.25, 0.3) is 11.1 Å². The van der Waals surface area contributed by atoms with Gasteiger partial charge in [0, 0.05) is 54.6 Å². The van der Waals surface area contributed by atoms with Gasteiger partial charge in [-0.2, -0.15) is 0 Å². The number of hydrogen-bond acceptors (Lipinski definition) is 5. The first kappa shape index (κ1) is 20.9. The lowest BCUT2D eigenvalue weighted by Gasteiger charge is -2.40. The molecule has 0 saturated heterocycles. The number of amides is 1. The second-order valence-electron chi connectivity index (χ2n) is 8.93. The third-order valence-corrected chi connectivity index (χ3v) is 6.90. The summed E-state index contributed by atoms with van der Waals surface area (Å²) in [7, 11) is 3.09. The SMILES string of the molecule is CN(C)C(=O)c1c(N)ccc(-c2cnc3c(c2Cl)C2(CCC(C)(O)CC2)CN3)c1F. The summed E-state index contributed by atoms with van der Waals surface area (Å²) in [5.41, 5.74) is 6.37. The molecule has 0 radical (unpaired) electrons. The maximum absolute atomic E-state index is 15.4. The lowest BCUT2D eigenvalue weighted by Crippen LogP contribution is -2.40. The standard InChI is InChI=1S/C22H26ClFN4O2/c1-21(30)6-8-22(9-7-21)11-27-19-16(22)17(23)13(10-26-19)12-4-5-14(25)15(18(12)24)20(29)28(2)3/h4-5,10,30H,6-9,11,25H2,1-3H3,(H,26,27). The van der Waals surface area contributed by atoms with Gasteiger partial charge in [-0.05, 0) is 44.7 Å². The fraction of sp³-hybridized carbons (Fsp3) is 0.455. The maximum Gasteiger partial charge on any atom is 0.258 e. The number of nitrogens with two attached hydrogens (primary N) is 1. The molecule has 0 bridgehead atoms. The number of aliphatic hydroxyl groups is 1. The van der Waals surface area contributed by atoms with Crippen molar-refractivity contribution >= 4 is 29.0 Å². The highest BCUT2D eigenvalue weighted by Gasteiger charge is 2.47. The van der Waals surface area contributed by atoms with Gasteiger partial charge in [0.05, 0.1) is 16.2 Å². The summed E-state index contributed by atoms with van der Waals surface area (Å²) in [6.45, 7) is 2.54. The number of benzene rings is 1. The number of nitrogen functional groups attached to an aromatic ring is 1. The molecule has 1 aliphatic heterocycles. The van der Waals surface area contributed by atoms with Crippen molar-refractivity contribution < 1.29 is 14.3 Å². The van der Waals surface area contributed by atoms with Crippen LogP contribution in [0.1, 0.15) is 48.5 Å². The van der Waals surface area contributed by atoms with E-state index in [0.29, 0.717) is 35.8 Å². The smallest absolute Gasteiger partial charge is 0.258 e. The molecule has 30 heavy (non-hydrogen) atoms. The molecule has 0 unspecified atom stereocenters. The van der Waals surface area contributed by atoms with Gasteiger partial charge in [-0.3, -0.25) is 4.79 Å². The van der Waals surface area contributed by atoms with Crippen molar-refractivity contribution in [3.63, 3.8) is 0 Å². The second-order valence-corrected chi connectivity index (χ2v) is 9.31. The number of pyridine rings is 1. The molecule has 1 amide bonds. The van der Waals surface area contributed by atoms with E-state index >= 15 is 4.39 Å². The molecule has 1 fully saturated rings. The predicted octanol–water partition coefficient (Wildman–Crippen LogP) is 3.81. The summed E-state index contributed by atoms with van der Waals surface area (Å²) in [4.78, 5) is 18.3. The topological polar surface area (TPSA) is 91.5 Å². The van der Waals surface area contributed by atoms with E-state index in [1.165, 1.54) is 23.2 Å². The first-order valence-corrected chi connectivity index (χ1v) is 10.4. The number of aromatic nitrogens is 1. The Bertz CT molecular complexity index is 1030. The van der Waals surface area contributed by atoms with E-state index in [-0.39, 0.29) is 22.2 Å². The van der Waals surface area contributed by atoms with Crippen LogP contribution in [-0.2, 0) is 5.41 Å². The Morgan fingerprint density at radius 2 is 1.93 bits per heavy atom. The molecule has 1 saturated carbocycles. The molecule has 1 aromatic carbocycles. The number of anilines is 2. The number of fused-ring (bicyclic) bond motifs is 2. The molecule has 4 N–H and O–H groups in total. The Hall–Kier alpha value is -2.38. The average molecular weight is 433 g/mol. The van der Waals surface area contributed by atoms with E-state index in [0.717, 1.165) is 18.4 Å². The van der Waals surface area contributed by atoms with Crippen LogP contribution in [0.15, 0.2) is 18.3 Å². The van der Waals surface area contributed by atoms with Crippen molar-refractivity contribution in [3.05, 3.63) is 40.3 Å². The Balaban J connectivity index is 1.83. The van der Waals surface area contributed by atoms with Crippen molar-refractivity contribution in [1.29, 1.82) is 0 Å². The second kappa shape index (κ2) is 7.10. The minimum absolute atomic E-state index is 0.0767. The van der Waals surface area contributed by atoms with Crippen LogP contribution in [0.4, 0.5) is 15.9 Å². The van der Waals surface area contributed by atoms with Gasteiger partial charge in [0.2, 0.25) is 0 Å². The number of rotatable bonds is 2. The number of hydrogen-bond donors (Lipinski definition) is 3. The van der Waals surface area contributed by atoms with Crippen molar-refractivity contribution in [1.82, 2.24) is 9.88 Å². The number of nitrogens with zero attached hydrogens (tertiary/aromatic N) is 2. The number of carbonyl (C=O) groups is 1. The molecule has 6 nitrogen and oxygen atoms in total. The Morgan fingerprint density at radius 1 is 1.27 bits per heavy atom. The van der Waals surface area contributed by atoms with Crippen molar-refractivity contribution in [3.8, 4) is 11.1 Å². The largest absolute Gasteiger partial charge is 0.398 e. The molecule has 4 rings (SSSR count). The van der Waals surface area contributed by atoms with Crippen molar-refractivity contribution in [2.75, 3.05) is 31.7 Å². The highest BCUT2D eigenvalue weighted by Crippen LogP contribution is 2.52. The molecular weight excluding hydrogens is 407 g/mol. The van der Waals surface area contributed by atoms with E-state index in [1.54, 1.807) is 14.1 Å². The molecular formula is C22H26ClFN4O2. The summed E-state index contributed by atoms with van der Waals surface area (Å²) in [5, 5.41) is 14.1. The number of halogens is 2. The Morgan fingerprint density at radius 3 is 2.57 bits per heavy atom. The van der Waals surface area contributed by atoms with E-state index in [1.807, 2.05) is 6.92 Å². The number of nitrogens with one attached hydrogen (secondary N) is 1. The van der Waals surface area contributed by atoms with E-state index < -0.39 is 17.3 Å². The monoisotopic (exact) mass is 432 g/mol. The van der Waals surface area contributed by atoms with Gasteiger partial charge < -0.3 is 21.1 Å². The van der Waals surface area contributed by atoms with Crippen molar-refractivity contribution in [2.24, 2.45) is 0 Å². The third-order valence-electron chi connectivity index (χ3n) is 6.51. The maximum atomic E-state index is 15.4. The van der Waals surface area contributed by atoms with Gasteiger partial charge in [0.1, 0.15) is 11.6 Å². The van der Waals surface area contributed by atoms with Gasteiger partial charge in [0.25, 0.3) is 5.91 Å². The van der Waals surface area contributed by atoms with Gasteiger partial charge in [-0.25, -0.2) is 9.37 Å². The summed E-state index contributed by atoms with van der Waals surface area (Å²) >= 11 is 6.85. The fourth-order valence-corrected chi connectivity index (χ4v) is 5.01. The first-order valence-electron chi connectivity index (χ1n) is 10.0. The molecule has 160 valence electrons. The predicted molar refractivity (Wildman–Crippen MR) is 116 cm³/mol. The van der Waals surface area contributed by atoms with Crippen LogP contribution in [0.2, 0.25) is 5.02 Å². The molecule has 0 atom stereocenters. The van der Waals surface area contributed by atoms with Crippen LogP contribution in [-0.4, -0.2) is 47.1 Å². The zero-order valence-electron chi connectivity index (χ0n) is 17.4. The zero-order valence-corrected chi connectivity index (χ0v) is 18.1. The van der Waals surface area contributed by atoms with Crippen LogP contribution >= 0.6 is 11.6 Å². The van der Waals surface area contributed by atoms with E-state index in [2.05, 4.69) is 10.3 Å². The molecule has 1 aliphatic carbocycles. The molecule has 8 heteroatoms. The van der Waals surface area contributed by atoms with E-state index in [9.17, 15) is 9.90 Å². The highest BCUT2D eigenvalue weighted by atomic mass is 35.5. The summed E-state index contributed by atoms with van der Waals surface area (Å²) in [5.74, 6) is -0.514. The minimum Gasteiger partial charge on any atom is -0.398 e. The quantitative estimate of drug-likeness (QED) is 0.627. The minimum atomic E-state index is -0.705. The van der Waals surface area contributed by atoms with E-state index in [4.69, 9.17) is 17.3 Å². The fourth-order valence-electron chi connectivity index (χ4n) is 4.57. The van der Waals surface area contributed by atoms with Crippen LogP contribution < -0.4 is 11.1 Å². The Labute approximate surface area is 180 Å². The van der Waals surface area contributed by atoms with Crippen LogP contribution in [0, 0.1) is 5.82 Å². The lowest BCUT2D eigenvalue weighted by molar-refractivity contribution is 0.00320. The first-order chi connectivity index (χ1) is 14.1. The lowest BCUT2D eigenvalue weighted by atomic mass is 9.66. The normalized spacial score (nSPS) is 25.1. The summed E-state index contributed by atoms with van der Waals surface area (Å²) in [6, 6.07) is 3.05. The van der Waals surface area contributed by atoms with Gasteiger partial charge >= 0.3 is 0 Å². The third kappa shape index (κ3) is 3.20. The van der Waals surface area contributed by atoms with Gasteiger partial charge in [0.15, 0.2) is 0 Å². The molecule has 1 aromatic heterocycles. The molecule has 2 heterocycles. The Kier molecular flexibility index (Phi) is 4.94.